The predicted octanol–water partition coefficient (Wildman–Crippen LogP) is 1.63. The van der Waals surface area contributed by atoms with Crippen LogP contribution in [-0.2, 0) is 11.2 Å². The van der Waals surface area contributed by atoms with Crippen LogP contribution in [-0.4, -0.2) is 72.0 Å². The zero-order valence-corrected chi connectivity index (χ0v) is 15.5. The van der Waals surface area contributed by atoms with Crippen LogP contribution >= 0.6 is 11.8 Å². The fourth-order valence-electron chi connectivity index (χ4n) is 3.11. The van der Waals surface area contributed by atoms with Crippen molar-refractivity contribution in [2.45, 2.75) is 19.4 Å². The van der Waals surface area contributed by atoms with Crippen molar-refractivity contribution >= 4 is 29.4 Å². The Morgan fingerprint density at radius 2 is 1.96 bits per heavy atom. The molecule has 1 atom stereocenters. The molecule has 0 radical (unpaired) electrons. The van der Waals surface area contributed by atoms with Gasteiger partial charge in [0.05, 0.1) is 0 Å². The van der Waals surface area contributed by atoms with Crippen molar-refractivity contribution < 1.29 is 9.59 Å². The highest BCUT2D eigenvalue weighted by Gasteiger charge is 2.29. The van der Waals surface area contributed by atoms with Crippen molar-refractivity contribution in [2.24, 2.45) is 0 Å². The fraction of sp³-hybridized carbons (Fsp3) is 0.556. The molecule has 2 N–H and O–H groups in total. The Morgan fingerprint density at radius 3 is 2.60 bits per heavy atom. The van der Waals surface area contributed by atoms with Crippen LogP contribution in [0.1, 0.15) is 12.5 Å². The minimum Gasteiger partial charge on any atom is -0.374 e. The highest BCUT2D eigenvalue weighted by atomic mass is 32.2. The average molecular weight is 362 g/mol. The van der Waals surface area contributed by atoms with Gasteiger partial charge in [-0.05, 0) is 31.0 Å². The maximum absolute atomic E-state index is 12.3. The quantitative estimate of drug-likeness (QED) is 0.805. The molecule has 2 saturated heterocycles. The molecule has 2 fully saturated rings. The SMILES string of the molecule is CC(Nc1ccc(CCN2CCSCC2)cc1)C(=O)N1CCNC1=O. The number of carbonyl (C=O) groups is 2. The Morgan fingerprint density at radius 1 is 1.24 bits per heavy atom. The summed E-state index contributed by atoms with van der Waals surface area (Å²) in [5, 5.41) is 5.84. The number of thioether (sulfide) groups is 1. The maximum atomic E-state index is 12.3. The van der Waals surface area contributed by atoms with Gasteiger partial charge in [0.2, 0.25) is 0 Å². The number of carbonyl (C=O) groups excluding carboxylic acids is 2. The van der Waals surface area contributed by atoms with Gasteiger partial charge in [0, 0.05) is 49.9 Å². The monoisotopic (exact) mass is 362 g/mol. The zero-order valence-electron chi connectivity index (χ0n) is 14.7. The van der Waals surface area contributed by atoms with E-state index in [1.54, 1.807) is 6.92 Å². The van der Waals surface area contributed by atoms with Crippen molar-refractivity contribution in [3.05, 3.63) is 29.8 Å². The molecule has 7 heteroatoms. The molecular weight excluding hydrogens is 336 g/mol. The third-order valence-corrected chi connectivity index (χ3v) is 5.59. The lowest BCUT2D eigenvalue weighted by Gasteiger charge is -2.26. The van der Waals surface area contributed by atoms with Crippen LogP contribution in [0, 0.1) is 0 Å². The van der Waals surface area contributed by atoms with Crippen molar-refractivity contribution in [3.8, 4) is 0 Å². The number of hydrogen-bond acceptors (Lipinski definition) is 5. The van der Waals surface area contributed by atoms with Crippen molar-refractivity contribution in [3.63, 3.8) is 0 Å². The lowest BCUT2D eigenvalue weighted by atomic mass is 10.1. The number of urea groups is 1. The molecule has 6 nitrogen and oxygen atoms in total. The Kier molecular flexibility index (Phi) is 6.20. The van der Waals surface area contributed by atoms with Crippen molar-refractivity contribution in [2.75, 3.05) is 49.5 Å². The molecule has 2 aliphatic heterocycles. The molecule has 0 aromatic heterocycles. The Bertz CT molecular complexity index is 602. The molecule has 0 spiro atoms. The van der Waals surface area contributed by atoms with Gasteiger partial charge >= 0.3 is 6.03 Å². The van der Waals surface area contributed by atoms with Gasteiger partial charge in [-0.15, -0.1) is 0 Å². The number of anilines is 1. The van der Waals surface area contributed by atoms with E-state index in [0.717, 1.165) is 18.7 Å². The number of amides is 3. The molecule has 136 valence electrons. The number of nitrogens with zero attached hydrogens (tertiary/aromatic N) is 2. The first-order chi connectivity index (χ1) is 12.1. The van der Waals surface area contributed by atoms with Crippen LogP contribution in [0.3, 0.4) is 0 Å². The van der Waals surface area contributed by atoms with E-state index in [1.807, 2.05) is 23.9 Å². The molecule has 1 unspecified atom stereocenters. The van der Waals surface area contributed by atoms with Crippen LogP contribution in [0.5, 0.6) is 0 Å². The predicted molar refractivity (Wildman–Crippen MR) is 102 cm³/mol. The van der Waals surface area contributed by atoms with Crippen LogP contribution < -0.4 is 10.6 Å². The van der Waals surface area contributed by atoms with Crippen molar-refractivity contribution in [1.82, 2.24) is 15.1 Å². The third-order valence-electron chi connectivity index (χ3n) is 4.65. The first-order valence-electron chi connectivity index (χ1n) is 8.88. The molecular formula is C18H26N4O2S. The number of rotatable bonds is 6. The summed E-state index contributed by atoms with van der Waals surface area (Å²) in [4.78, 5) is 27.7. The highest BCUT2D eigenvalue weighted by molar-refractivity contribution is 7.99. The number of benzene rings is 1. The van der Waals surface area contributed by atoms with Crippen LogP contribution in [0.15, 0.2) is 24.3 Å². The molecule has 0 saturated carbocycles. The van der Waals surface area contributed by atoms with E-state index in [4.69, 9.17) is 0 Å². The molecule has 3 rings (SSSR count). The van der Waals surface area contributed by atoms with E-state index >= 15 is 0 Å². The summed E-state index contributed by atoms with van der Waals surface area (Å²) in [6, 6.07) is 7.51. The Labute approximate surface area is 153 Å². The minimum absolute atomic E-state index is 0.193. The summed E-state index contributed by atoms with van der Waals surface area (Å²) in [5.74, 6) is 2.29. The molecule has 1 aromatic rings. The second-order valence-corrected chi connectivity index (χ2v) is 7.71. The van der Waals surface area contributed by atoms with Gasteiger partial charge < -0.3 is 15.5 Å². The van der Waals surface area contributed by atoms with Gasteiger partial charge in [-0.2, -0.15) is 11.8 Å². The van der Waals surface area contributed by atoms with Crippen LogP contribution in [0.25, 0.3) is 0 Å². The van der Waals surface area contributed by atoms with E-state index in [2.05, 4.69) is 27.7 Å². The average Bonchev–Trinajstić information content (AvgIpc) is 3.07. The number of nitrogens with one attached hydrogen (secondary N) is 2. The van der Waals surface area contributed by atoms with Gasteiger partial charge in [0.15, 0.2) is 0 Å². The van der Waals surface area contributed by atoms with Gasteiger partial charge in [0.1, 0.15) is 6.04 Å². The van der Waals surface area contributed by atoms with Crippen LogP contribution in [0.2, 0.25) is 0 Å². The molecule has 0 bridgehead atoms. The molecule has 0 aliphatic carbocycles. The number of imide groups is 1. The second-order valence-electron chi connectivity index (χ2n) is 6.49. The summed E-state index contributed by atoms with van der Waals surface area (Å²) >= 11 is 2.03. The van der Waals surface area contributed by atoms with E-state index in [-0.39, 0.29) is 11.9 Å². The smallest absolute Gasteiger partial charge is 0.324 e. The fourth-order valence-corrected chi connectivity index (χ4v) is 4.09. The van der Waals surface area contributed by atoms with Gasteiger partial charge in [0.25, 0.3) is 5.91 Å². The highest BCUT2D eigenvalue weighted by Crippen LogP contribution is 2.14. The first-order valence-corrected chi connectivity index (χ1v) is 10.0. The van der Waals surface area contributed by atoms with Crippen LogP contribution in [0.4, 0.5) is 10.5 Å². The lowest BCUT2D eigenvalue weighted by Crippen LogP contribution is -2.43. The summed E-state index contributed by atoms with van der Waals surface area (Å²) < 4.78 is 0. The molecule has 2 heterocycles. The summed E-state index contributed by atoms with van der Waals surface area (Å²) in [5.41, 5.74) is 2.21. The Hall–Kier alpha value is -1.73. The normalized spacial score (nSPS) is 19.6. The largest absolute Gasteiger partial charge is 0.374 e. The van der Waals surface area contributed by atoms with Gasteiger partial charge in [-0.25, -0.2) is 4.79 Å². The van der Waals surface area contributed by atoms with E-state index in [1.165, 1.54) is 35.1 Å². The first kappa shape index (κ1) is 18.1. The third kappa shape index (κ3) is 4.89. The maximum Gasteiger partial charge on any atom is 0.324 e. The van der Waals surface area contributed by atoms with Gasteiger partial charge in [-0.3, -0.25) is 9.69 Å². The molecule has 1 aromatic carbocycles. The Balaban J connectivity index is 1.48. The molecule has 2 aliphatic rings. The summed E-state index contributed by atoms with van der Waals surface area (Å²) in [7, 11) is 0. The van der Waals surface area contributed by atoms with E-state index < -0.39 is 6.04 Å². The van der Waals surface area contributed by atoms with E-state index in [9.17, 15) is 9.59 Å². The zero-order chi connectivity index (χ0) is 17.6. The topological polar surface area (TPSA) is 64.7 Å². The van der Waals surface area contributed by atoms with E-state index in [0.29, 0.717) is 13.1 Å². The second kappa shape index (κ2) is 8.58. The van der Waals surface area contributed by atoms with Crippen molar-refractivity contribution in [1.29, 1.82) is 0 Å². The summed E-state index contributed by atoms with van der Waals surface area (Å²) in [6.45, 7) is 6.24. The minimum atomic E-state index is -0.430. The lowest BCUT2D eigenvalue weighted by molar-refractivity contribution is -0.128. The molecule has 3 amide bonds. The number of hydrogen-bond donors (Lipinski definition) is 2. The standard InChI is InChI=1S/C18H26N4O2S/c1-14(17(23)22-9-7-19-18(22)24)20-16-4-2-15(3-5-16)6-8-21-10-12-25-13-11-21/h2-5,14,20H,6-13H2,1H3,(H,19,24). The summed E-state index contributed by atoms with van der Waals surface area (Å²) in [6.07, 6.45) is 1.05. The molecule has 25 heavy (non-hydrogen) atoms. The van der Waals surface area contributed by atoms with Gasteiger partial charge in [-0.1, -0.05) is 12.1 Å².